The van der Waals surface area contributed by atoms with Gasteiger partial charge in [-0.1, -0.05) is 51.1 Å². The van der Waals surface area contributed by atoms with Gasteiger partial charge in [0.2, 0.25) is 0 Å². The van der Waals surface area contributed by atoms with Crippen LogP contribution in [0.4, 0.5) is 0 Å². The van der Waals surface area contributed by atoms with E-state index in [9.17, 15) is 9.67 Å². The van der Waals surface area contributed by atoms with Crippen molar-refractivity contribution in [3.8, 4) is 0 Å². The zero-order valence-corrected chi connectivity index (χ0v) is 11.4. The van der Waals surface area contributed by atoms with Crippen LogP contribution in [-0.4, -0.2) is 22.5 Å². The molecule has 3 heteroatoms. The van der Waals surface area contributed by atoms with Crippen molar-refractivity contribution in [1.29, 1.82) is 0 Å². The monoisotopic (exact) mass is 240 g/mol. The van der Waals surface area contributed by atoms with Gasteiger partial charge in [0, 0.05) is 16.6 Å². The van der Waals surface area contributed by atoms with Crippen molar-refractivity contribution in [1.82, 2.24) is 0 Å². The summed E-state index contributed by atoms with van der Waals surface area (Å²) < 4.78 is 13.1. The lowest BCUT2D eigenvalue weighted by Gasteiger charge is -2.32. The quantitative estimate of drug-likeness (QED) is 0.825. The van der Waals surface area contributed by atoms with E-state index in [1.807, 2.05) is 51.1 Å². The van der Waals surface area contributed by atoms with Crippen LogP contribution in [0.5, 0.6) is 0 Å². The van der Waals surface area contributed by atoms with Crippen LogP contribution in [0.2, 0.25) is 0 Å². The van der Waals surface area contributed by atoms with Crippen molar-refractivity contribution in [2.45, 2.75) is 39.0 Å². The van der Waals surface area contributed by atoms with E-state index in [0.29, 0.717) is 6.16 Å². The lowest BCUT2D eigenvalue weighted by Crippen LogP contribution is -2.28. The fourth-order valence-electron chi connectivity index (χ4n) is 1.81. The van der Waals surface area contributed by atoms with Crippen molar-refractivity contribution in [2.75, 3.05) is 6.16 Å². The normalized spacial score (nSPS) is 17.8. The van der Waals surface area contributed by atoms with Gasteiger partial charge in [-0.2, -0.15) is 0 Å². The number of aliphatic hydroxyl groups excluding tert-OH is 1. The molecule has 1 N–H and O–H groups in total. The summed E-state index contributed by atoms with van der Waals surface area (Å²) in [5.41, 5.74) is 0. The summed E-state index contributed by atoms with van der Waals surface area (Å²) in [5, 5.41) is 10.1. The van der Waals surface area contributed by atoms with Crippen LogP contribution in [0.15, 0.2) is 30.3 Å². The Kier molecular flexibility index (Phi) is 3.98. The molecule has 2 atom stereocenters. The Morgan fingerprint density at radius 1 is 1.25 bits per heavy atom. The molecule has 0 aliphatic heterocycles. The summed E-state index contributed by atoms with van der Waals surface area (Å²) in [6, 6.07) is 9.51. The second kappa shape index (κ2) is 4.73. The average Bonchev–Trinajstić information content (AvgIpc) is 2.16. The lowest BCUT2D eigenvalue weighted by atomic mass is 10.3. The van der Waals surface area contributed by atoms with E-state index in [-0.39, 0.29) is 5.16 Å². The van der Waals surface area contributed by atoms with Crippen LogP contribution in [0.25, 0.3) is 0 Å². The molecule has 0 heterocycles. The van der Waals surface area contributed by atoms with Gasteiger partial charge in [-0.05, 0) is 6.92 Å². The Bertz CT molecular complexity index is 377. The van der Waals surface area contributed by atoms with Crippen LogP contribution in [-0.2, 0) is 4.57 Å². The van der Waals surface area contributed by atoms with Gasteiger partial charge in [-0.15, -0.1) is 0 Å². The highest BCUT2D eigenvalue weighted by atomic mass is 31.2. The molecule has 0 aliphatic carbocycles. The molecular formula is C13H21O2P. The molecule has 0 saturated carbocycles. The molecule has 16 heavy (non-hydrogen) atoms. The molecule has 0 radical (unpaired) electrons. The van der Waals surface area contributed by atoms with E-state index in [1.54, 1.807) is 6.92 Å². The first-order chi connectivity index (χ1) is 7.27. The molecule has 0 aromatic heterocycles. The molecule has 0 spiro atoms. The van der Waals surface area contributed by atoms with E-state index < -0.39 is 13.2 Å². The molecule has 1 rings (SSSR count). The second-order valence-electron chi connectivity index (χ2n) is 5.28. The summed E-state index contributed by atoms with van der Waals surface area (Å²) in [6.07, 6.45) is -0.189. The van der Waals surface area contributed by atoms with E-state index in [2.05, 4.69) is 0 Å². The zero-order valence-electron chi connectivity index (χ0n) is 10.5. The number of rotatable bonds is 3. The molecule has 90 valence electrons. The maximum atomic E-state index is 13.1. The van der Waals surface area contributed by atoms with Gasteiger partial charge in [-0.25, -0.2) is 0 Å². The lowest BCUT2D eigenvalue weighted by molar-refractivity contribution is 0.217. The molecule has 1 aromatic rings. The van der Waals surface area contributed by atoms with Crippen molar-refractivity contribution in [2.24, 2.45) is 0 Å². The Balaban J connectivity index is 3.22. The second-order valence-corrected chi connectivity index (χ2v) is 8.98. The van der Waals surface area contributed by atoms with Crippen LogP contribution < -0.4 is 5.30 Å². The predicted octanol–water partition coefficient (Wildman–Crippen LogP) is 2.85. The molecular weight excluding hydrogens is 219 g/mol. The average molecular weight is 240 g/mol. The molecule has 1 aromatic carbocycles. The van der Waals surface area contributed by atoms with Crippen molar-refractivity contribution >= 4 is 12.4 Å². The van der Waals surface area contributed by atoms with E-state index in [0.717, 1.165) is 5.30 Å². The smallest absolute Gasteiger partial charge is 0.123 e. The summed E-state index contributed by atoms with van der Waals surface area (Å²) in [7, 11) is -2.56. The number of benzene rings is 1. The first-order valence-electron chi connectivity index (χ1n) is 5.60. The van der Waals surface area contributed by atoms with E-state index in [1.165, 1.54) is 0 Å². The third-order valence-electron chi connectivity index (χ3n) is 2.78. The minimum Gasteiger partial charge on any atom is -0.393 e. The van der Waals surface area contributed by atoms with Crippen molar-refractivity contribution in [3.63, 3.8) is 0 Å². The highest BCUT2D eigenvalue weighted by Crippen LogP contribution is 2.56. The van der Waals surface area contributed by atoms with Gasteiger partial charge in [0.05, 0.1) is 6.10 Å². The number of aliphatic hydroxyl groups is 1. The highest BCUT2D eigenvalue weighted by molar-refractivity contribution is 7.73. The third kappa shape index (κ3) is 2.75. The minimum absolute atomic E-state index is 0.314. The molecule has 2 unspecified atom stereocenters. The number of hydrogen-bond acceptors (Lipinski definition) is 2. The van der Waals surface area contributed by atoms with E-state index in [4.69, 9.17) is 0 Å². The summed E-state index contributed by atoms with van der Waals surface area (Å²) in [5.74, 6) is 0. The SMILES string of the molecule is CC(O)CP(=O)(c1ccccc1)C(C)(C)C. The topological polar surface area (TPSA) is 37.3 Å². The van der Waals surface area contributed by atoms with Gasteiger partial charge < -0.3 is 9.67 Å². The van der Waals surface area contributed by atoms with E-state index >= 15 is 0 Å². The van der Waals surface area contributed by atoms with Gasteiger partial charge in [0.1, 0.15) is 7.14 Å². The summed E-state index contributed by atoms with van der Waals surface area (Å²) >= 11 is 0. The first kappa shape index (κ1) is 13.5. The van der Waals surface area contributed by atoms with Gasteiger partial charge in [0.25, 0.3) is 0 Å². The first-order valence-corrected chi connectivity index (χ1v) is 7.49. The molecule has 2 nitrogen and oxygen atoms in total. The van der Waals surface area contributed by atoms with Crippen LogP contribution in [0.1, 0.15) is 27.7 Å². The molecule has 0 aliphatic rings. The molecule has 0 bridgehead atoms. The fourth-order valence-corrected chi connectivity index (χ4v) is 4.74. The highest BCUT2D eigenvalue weighted by Gasteiger charge is 2.38. The Labute approximate surface area is 98.1 Å². The maximum Gasteiger partial charge on any atom is 0.123 e. The molecule has 0 fully saturated rings. The van der Waals surface area contributed by atoms with Crippen LogP contribution in [0.3, 0.4) is 0 Å². The maximum absolute atomic E-state index is 13.1. The largest absolute Gasteiger partial charge is 0.393 e. The predicted molar refractivity (Wildman–Crippen MR) is 70.0 cm³/mol. The van der Waals surface area contributed by atoms with Gasteiger partial charge in [-0.3, -0.25) is 0 Å². The van der Waals surface area contributed by atoms with Gasteiger partial charge in [0.15, 0.2) is 0 Å². The Hall–Kier alpha value is -0.590. The molecule has 0 saturated heterocycles. The van der Waals surface area contributed by atoms with Crippen molar-refractivity contribution < 1.29 is 9.67 Å². The zero-order chi connectivity index (χ0) is 12.4. The third-order valence-corrected chi connectivity index (χ3v) is 7.12. The van der Waals surface area contributed by atoms with Crippen LogP contribution in [0, 0.1) is 0 Å². The summed E-state index contributed by atoms with van der Waals surface area (Å²) in [6.45, 7) is 7.62. The van der Waals surface area contributed by atoms with Crippen LogP contribution >= 0.6 is 7.14 Å². The Morgan fingerprint density at radius 2 is 1.75 bits per heavy atom. The standard InChI is InChI=1S/C13H21O2P/c1-11(14)10-16(15,13(2,3)4)12-8-6-5-7-9-12/h5-9,11,14H,10H2,1-4H3. The minimum atomic E-state index is -2.56. The fraction of sp³-hybridized carbons (Fsp3) is 0.538. The Morgan fingerprint density at radius 3 is 2.12 bits per heavy atom. The van der Waals surface area contributed by atoms with Crippen molar-refractivity contribution in [3.05, 3.63) is 30.3 Å². The molecule has 0 amide bonds. The number of hydrogen-bond donors (Lipinski definition) is 1. The van der Waals surface area contributed by atoms with Gasteiger partial charge >= 0.3 is 0 Å². The summed E-state index contributed by atoms with van der Waals surface area (Å²) in [4.78, 5) is 0.